The number of nitrogens with one attached hydrogen (secondary N) is 1. The minimum atomic E-state index is -0.667. The Morgan fingerprint density at radius 3 is 2.81 bits per heavy atom. The van der Waals surface area contributed by atoms with Crippen molar-refractivity contribution in [1.82, 2.24) is 15.2 Å². The van der Waals surface area contributed by atoms with Crippen molar-refractivity contribution in [2.45, 2.75) is 6.92 Å². The van der Waals surface area contributed by atoms with Crippen LogP contribution in [0.5, 0.6) is 5.75 Å². The first-order valence-corrected chi connectivity index (χ1v) is 10.9. The summed E-state index contributed by atoms with van der Waals surface area (Å²) in [5, 5.41) is 14.4. The van der Waals surface area contributed by atoms with E-state index in [1.807, 2.05) is 19.1 Å². The Kier molecular flexibility index (Phi) is 6.33. The van der Waals surface area contributed by atoms with Crippen molar-refractivity contribution in [3.8, 4) is 5.75 Å². The fourth-order valence-electron chi connectivity index (χ4n) is 3.44. The molecule has 1 N–H and O–H groups in total. The van der Waals surface area contributed by atoms with Crippen LogP contribution in [0.2, 0.25) is 0 Å². The predicted octanol–water partition coefficient (Wildman–Crippen LogP) is 2.75. The molecule has 0 atom stereocenters. The molecule has 10 nitrogen and oxygen atoms in total. The number of para-hydroxylation sites is 1. The standard InChI is InChI=1S/C20H23N5O5S/c1-2-29-14-4-3-5-16-18(14)22-20(31-16)24-12-10-23(11-13-24)9-8-21-19(26)15-6-7-17(30-15)25(27)28/h3-7H,2,8-13H2,1H3,(H,21,26). The van der Waals surface area contributed by atoms with Gasteiger partial charge >= 0.3 is 5.88 Å². The van der Waals surface area contributed by atoms with Crippen LogP contribution in [0.25, 0.3) is 10.2 Å². The van der Waals surface area contributed by atoms with Crippen LogP contribution in [-0.2, 0) is 0 Å². The number of thiazole rings is 1. The number of carbonyl (C=O) groups excluding carboxylic acids is 1. The van der Waals surface area contributed by atoms with E-state index in [9.17, 15) is 14.9 Å². The third-order valence-corrected chi connectivity index (χ3v) is 6.10. The van der Waals surface area contributed by atoms with Gasteiger partial charge in [0.15, 0.2) is 10.9 Å². The average molecular weight is 446 g/mol. The lowest BCUT2D eigenvalue weighted by Gasteiger charge is -2.34. The number of nitro groups is 1. The van der Waals surface area contributed by atoms with Gasteiger partial charge in [-0.3, -0.25) is 19.8 Å². The monoisotopic (exact) mass is 445 g/mol. The lowest BCUT2D eigenvalue weighted by atomic mass is 10.3. The van der Waals surface area contributed by atoms with Crippen LogP contribution in [-0.4, -0.2) is 66.6 Å². The number of hydrogen-bond acceptors (Lipinski definition) is 9. The van der Waals surface area contributed by atoms with Crippen molar-refractivity contribution in [3.05, 3.63) is 46.2 Å². The second-order valence-corrected chi connectivity index (χ2v) is 8.02. The van der Waals surface area contributed by atoms with E-state index in [-0.39, 0.29) is 5.76 Å². The smallest absolute Gasteiger partial charge is 0.433 e. The van der Waals surface area contributed by atoms with Crippen molar-refractivity contribution in [2.75, 3.05) is 50.8 Å². The zero-order valence-corrected chi connectivity index (χ0v) is 17.9. The second kappa shape index (κ2) is 9.31. The lowest BCUT2D eigenvalue weighted by Crippen LogP contribution is -2.48. The summed E-state index contributed by atoms with van der Waals surface area (Å²) in [7, 11) is 0. The SMILES string of the molecule is CCOc1cccc2sc(N3CCN(CCNC(=O)c4ccc([N+](=O)[O-])o4)CC3)nc12. The first-order chi connectivity index (χ1) is 15.0. The van der Waals surface area contributed by atoms with Gasteiger partial charge in [0.05, 0.1) is 17.4 Å². The van der Waals surface area contributed by atoms with Gasteiger partial charge in [0, 0.05) is 39.3 Å². The summed E-state index contributed by atoms with van der Waals surface area (Å²) in [4.78, 5) is 31.4. The van der Waals surface area contributed by atoms with Gasteiger partial charge in [-0.15, -0.1) is 0 Å². The van der Waals surface area contributed by atoms with Gasteiger partial charge in [0.2, 0.25) is 0 Å². The largest absolute Gasteiger partial charge is 0.492 e. The maximum atomic E-state index is 12.0. The Labute approximate surface area is 182 Å². The molecule has 4 rings (SSSR count). The number of benzene rings is 1. The van der Waals surface area contributed by atoms with E-state index in [2.05, 4.69) is 21.2 Å². The molecular formula is C20H23N5O5S. The molecule has 3 aromatic rings. The molecule has 0 spiro atoms. The number of aromatic nitrogens is 1. The summed E-state index contributed by atoms with van der Waals surface area (Å²) >= 11 is 1.67. The van der Waals surface area contributed by atoms with Crippen LogP contribution >= 0.6 is 11.3 Å². The molecule has 2 aromatic heterocycles. The lowest BCUT2D eigenvalue weighted by molar-refractivity contribution is -0.402. The first kappa shape index (κ1) is 21.1. The Bertz CT molecular complexity index is 1070. The van der Waals surface area contributed by atoms with Crippen molar-refractivity contribution in [3.63, 3.8) is 0 Å². The van der Waals surface area contributed by atoms with Crippen LogP contribution < -0.4 is 15.0 Å². The highest BCUT2D eigenvalue weighted by Gasteiger charge is 2.21. The molecule has 0 unspecified atom stereocenters. The van der Waals surface area contributed by atoms with Gasteiger partial charge in [0.25, 0.3) is 5.91 Å². The van der Waals surface area contributed by atoms with Gasteiger partial charge < -0.3 is 19.4 Å². The number of rotatable bonds is 8. The van der Waals surface area contributed by atoms with E-state index in [4.69, 9.17) is 14.1 Å². The number of anilines is 1. The van der Waals surface area contributed by atoms with Crippen molar-refractivity contribution in [1.29, 1.82) is 0 Å². The molecule has 164 valence electrons. The minimum absolute atomic E-state index is 0.0567. The number of hydrogen-bond donors (Lipinski definition) is 1. The number of furan rings is 1. The van der Waals surface area contributed by atoms with Crippen LogP contribution in [0.1, 0.15) is 17.5 Å². The van der Waals surface area contributed by atoms with Crippen LogP contribution in [0.3, 0.4) is 0 Å². The van der Waals surface area contributed by atoms with E-state index in [0.717, 1.165) is 47.3 Å². The second-order valence-electron chi connectivity index (χ2n) is 7.01. The number of ether oxygens (including phenoxy) is 1. The summed E-state index contributed by atoms with van der Waals surface area (Å²) in [6.45, 7) is 7.12. The molecule has 11 heteroatoms. The first-order valence-electron chi connectivity index (χ1n) is 10.1. The molecule has 1 aromatic carbocycles. The maximum Gasteiger partial charge on any atom is 0.433 e. The fourth-order valence-corrected chi connectivity index (χ4v) is 4.48. The molecule has 1 amide bonds. The van der Waals surface area contributed by atoms with E-state index in [1.165, 1.54) is 12.1 Å². The predicted molar refractivity (Wildman–Crippen MR) is 117 cm³/mol. The highest BCUT2D eigenvalue weighted by atomic mass is 32.1. The van der Waals surface area contributed by atoms with Crippen molar-refractivity contribution in [2.24, 2.45) is 0 Å². The van der Waals surface area contributed by atoms with Gasteiger partial charge in [-0.05, 0) is 25.1 Å². The van der Waals surface area contributed by atoms with Gasteiger partial charge in [-0.2, -0.15) is 0 Å². The molecule has 0 bridgehead atoms. The highest BCUT2D eigenvalue weighted by molar-refractivity contribution is 7.22. The molecule has 1 saturated heterocycles. The van der Waals surface area contributed by atoms with Crippen molar-refractivity contribution >= 4 is 38.5 Å². The molecule has 1 aliphatic heterocycles. The zero-order chi connectivity index (χ0) is 21.8. The summed E-state index contributed by atoms with van der Waals surface area (Å²) < 4.78 is 11.7. The number of fused-ring (bicyclic) bond motifs is 1. The average Bonchev–Trinajstić information content (AvgIpc) is 3.43. The van der Waals surface area contributed by atoms with Crippen LogP contribution in [0.4, 0.5) is 11.0 Å². The maximum absolute atomic E-state index is 12.0. The molecule has 3 heterocycles. The molecular weight excluding hydrogens is 422 g/mol. The number of nitrogens with zero attached hydrogens (tertiary/aromatic N) is 4. The Morgan fingerprint density at radius 2 is 2.10 bits per heavy atom. The topological polar surface area (TPSA) is 114 Å². The van der Waals surface area contributed by atoms with Gasteiger partial charge in [-0.25, -0.2) is 4.98 Å². The third kappa shape index (κ3) is 4.78. The van der Waals surface area contributed by atoms with E-state index in [0.29, 0.717) is 19.7 Å². The zero-order valence-electron chi connectivity index (χ0n) is 17.1. The highest BCUT2D eigenvalue weighted by Crippen LogP contribution is 2.34. The number of amides is 1. The number of carbonyl (C=O) groups is 1. The van der Waals surface area contributed by atoms with E-state index >= 15 is 0 Å². The molecule has 31 heavy (non-hydrogen) atoms. The Hall–Kier alpha value is -3.18. The summed E-state index contributed by atoms with van der Waals surface area (Å²) in [5.74, 6) is -0.131. The molecule has 0 radical (unpaired) electrons. The molecule has 1 aliphatic rings. The summed E-state index contributed by atoms with van der Waals surface area (Å²) in [5.41, 5.74) is 0.910. The van der Waals surface area contributed by atoms with Crippen LogP contribution in [0, 0.1) is 10.1 Å². The summed E-state index contributed by atoms with van der Waals surface area (Å²) in [6, 6.07) is 8.48. The number of piperazine rings is 1. The van der Waals surface area contributed by atoms with Gasteiger partial charge in [-0.1, -0.05) is 17.4 Å². The Morgan fingerprint density at radius 1 is 1.29 bits per heavy atom. The van der Waals surface area contributed by atoms with Gasteiger partial charge in [0.1, 0.15) is 16.2 Å². The molecule has 1 fully saturated rings. The Balaban J connectivity index is 1.26. The molecule has 0 saturated carbocycles. The minimum Gasteiger partial charge on any atom is -0.492 e. The van der Waals surface area contributed by atoms with E-state index < -0.39 is 16.7 Å². The van der Waals surface area contributed by atoms with E-state index in [1.54, 1.807) is 11.3 Å². The third-order valence-electron chi connectivity index (χ3n) is 5.02. The normalized spacial score (nSPS) is 14.7. The quantitative estimate of drug-likeness (QED) is 0.416. The fraction of sp³-hybridized carbons (Fsp3) is 0.400. The van der Waals surface area contributed by atoms with Crippen molar-refractivity contribution < 1.29 is 18.9 Å². The van der Waals surface area contributed by atoms with Crippen LogP contribution in [0.15, 0.2) is 34.7 Å². The summed E-state index contributed by atoms with van der Waals surface area (Å²) in [6.07, 6.45) is 0. The molecule has 0 aliphatic carbocycles.